The minimum absolute atomic E-state index is 0.000119. The number of Topliss-reactive ketones (excluding diaryl/α,β-unsaturated/α-hetero) is 1. The normalized spacial score (nSPS) is 32.1. The number of carbonyl (C=O) groups is 4. The molecule has 1 aliphatic heterocycles. The molecule has 3 amide bonds. The molecule has 6 aliphatic rings. The Bertz CT molecular complexity index is 1270. The summed E-state index contributed by atoms with van der Waals surface area (Å²) in [6.07, 6.45) is 6.84. The highest BCUT2D eigenvalue weighted by molar-refractivity contribution is 6.06. The van der Waals surface area contributed by atoms with Crippen molar-refractivity contribution in [3.05, 3.63) is 34.9 Å². The summed E-state index contributed by atoms with van der Waals surface area (Å²) in [5, 5.41) is 15.8. The first kappa shape index (κ1) is 23.9. The molecular formula is C29H31N3O5. The molecule has 0 radical (unpaired) electrons. The molecule has 8 heteroatoms. The van der Waals surface area contributed by atoms with Gasteiger partial charge in [-0.3, -0.25) is 24.5 Å². The van der Waals surface area contributed by atoms with Crippen molar-refractivity contribution < 1.29 is 23.9 Å². The van der Waals surface area contributed by atoms with Gasteiger partial charge in [-0.25, -0.2) is 0 Å². The van der Waals surface area contributed by atoms with E-state index >= 15 is 0 Å². The summed E-state index contributed by atoms with van der Waals surface area (Å²) in [5.74, 6) is -1.14. The van der Waals surface area contributed by atoms with Gasteiger partial charge in [-0.05, 0) is 61.1 Å². The number of ether oxygens (including phenoxy) is 1. The number of ketones is 1. The highest BCUT2D eigenvalue weighted by Gasteiger charge is 2.64. The fraction of sp³-hybridized carbons (Fsp3) is 0.552. The Hall–Kier alpha value is -3.47. The van der Waals surface area contributed by atoms with Crippen molar-refractivity contribution in [2.75, 3.05) is 7.11 Å². The Balaban J connectivity index is 1.21. The number of hydrogen-bond acceptors (Lipinski definition) is 6. The number of nitriles is 1. The van der Waals surface area contributed by atoms with E-state index in [4.69, 9.17) is 4.74 Å². The molecule has 37 heavy (non-hydrogen) atoms. The molecule has 7 rings (SSSR count). The zero-order valence-electron chi connectivity index (χ0n) is 20.9. The SMILES string of the molecule is COc1cccc2c1C=C(C(=O)N[C@@H](CC1CC1)C(=O)C[C@@]1(C#N)C[C@@H]3CC[C@H]1[C@@H]1C(=O)NC(=O)[C@H]31)C2. The predicted octanol–water partition coefficient (Wildman–Crippen LogP) is 2.71. The molecule has 1 heterocycles. The van der Waals surface area contributed by atoms with Crippen LogP contribution in [0.4, 0.5) is 0 Å². The monoisotopic (exact) mass is 501 g/mol. The number of carbonyl (C=O) groups excluding carboxylic acids is 4. The summed E-state index contributed by atoms with van der Waals surface area (Å²) in [7, 11) is 1.60. The standard InChI is InChI=1S/C29H31N3O5/c1-37-23-4-2-3-16-10-18(11-19(16)23)26(34)31-21(9-15-5-6-15)22(33)13-29(14-30)12-17-7-8-20(29)25-24(17)27(35)32-28(25)36/h2-4,11,15,17,20-21,24-25H,5-10,12-13H2,1H3,(H,31,34)(H,32,35,36)/t17-,20-,21-,24+,25-,29+/m0/s1. The van der Waals surface area contributed by atoms with Gasteiger partial charge in [0.1, 0.15) is 5.75 Å². The lowest BCUT2D eigenvalue weighted by Crippen LogP contribution is -2.54. The number of nitrogens with zero attached hydrogens (tertiary/aromatic N) is 1. The summed E-state index contributed by atoms with van der Waals surface area (Å²) < 4.78 is 5.43. The third-order valence-corrected chi connectivity index (χ3v) is 9.40. The van der Waals surface area contributed by atoms with Crippen molar-refractivity contribution in [3.8, 4) is 11.8 Å². The number of hydrogen-bond donors (Lipinski definition) is 2. The van der Waals surface area contributed by atoms with Crippen LogP contribution in [0.15, 0.2) is 23.8 Å². The molecule has 0 aromatic heterocycles. The maximum Gasteiger partial charge on any atom is 0.248 e. The number of imide groups is 1. The molecule has 2 N–H and O–H groups in total. The molecule has 5 aliphatic carbocycles. The van der Waals surface area contributed by atoms with Crippen LogP contribution in [0.3, 0.4) is 0 Å². The van der Waals surface area contributed by atoms with Gasteiger partial charge in [0.25, 0.3) is 0 Å². The molecule has 5 fully saturated rings. The fourth-order valence-corrected chi connectivity index (χ4v) is 7.45. The second kappa shape index (κ2) is 8.83. The van der Waals surface area contributed by atoms with E-state index in [9.17, 15) is 24.4 Å². The second-order valence-corrected chi connectivity index (χ2v) is 11.5. The summed E-state index contributed by atoms with van der Waals surface area (Å²) in [6, 6.07) is 7.48. The molecule has 1 aromatic rings. The predicted molar refractivity (Wildman–Crippen MR) is 133 cm³/mol. The van der Waals surface area contributed by atoms with Crippen LogP contribution in [-0.4, -0.2) is 36.7 Å². The highest BCUT2D eigenvalue weighted by atomic mass is 16.5. The van der Waals surface area contributed by atoms with Crippen molar-refractivity contribution in [2.24, 2.45) is 35.0 Å². The van der Waals surface area contributed by atoms with Gasteiger partial charge in [0, 0.05) is 24.0 Å². The summed E-state index contributed by atoms with van der Waals surface area (Å²) in [4.78, 5) is 52.1. The van der Waals surface area contributed by atoms with Crippen LogP contribution in [0.5, 0.6) is 5.75 Å². The molecular weight excluding hydrogens is 470 g/mol. The van der Waals surface area contributed by atoms with Gasteiger partial charge in [-0.15, -0.1) is 0 Å². The molecule has 192 valence electrons. The van der Waals surface area contributed by atoms with Gasteiger partial charge in [0.2, 0.25) is 17.7 Å². The first-order chi connectivity index (χ1) is 17.8. The Kier molecular flexibility index (Phi) is 5.70. The van der Waals surface area contributed by atoms with Crippen molar-refractivity contribution in [1.29, 1.82) is 5.26 Å². The number of methoxy groups -OCH3 is 1. The quantitative estimate of drug-likeness (QED) is 0.528. The number of rotatable bonds is 8. The minimum atomic E-state index is -0.980. The number of nitrogens with one attached hydrogen (secondary N) is 2. The van der Waals surface area contributed by atoms with Crippen molar-refractivity contribution in [1.82, 2.24) is 10.6 Å². The number of amides is 3. The average molecular weight is 502 g/mol. The molecule has 0 unspecified atom stereocenters. The van der Waals surface area contributed by atoms with E-state index in [0.29, 0.717) is 42.9 Å². The van der Waals surface area contributed by atoms with E-state index < -0.39 is 17.4 Å². The summed E-state index contributed by atoms with van der Waals surface area (Å²) >= 11 is 0. The van der Waals surface area contributed by atoms with Crippen LogP contribution in [0.25, 0.3) is 6.08 Å². The van der Waals surface area contributed by atoms with Gasteiger partial charge in [0.05, 0.1) is 36.5 Å². The van der Waals surface area contributed by atoms with Crippen LogP contribution in [0.2, 0.25) is 0 Å². The summed E-state index contributed by atoms with van der Waals surface area (Å²) in [6.45, 7) is 0. The Morgan fingerprint density at radius 3 is 2.70 bits per heavy atom. The van der Waals surface area contributed by atoms with Gasteiger partial charge < -0.3 is 10.1 Å². The molecule has 1 saturated heterocycles. The van der Waals surface area contributed by atoms with E-state index in [-0.39, 0.29) is 47.7 Å². The maximum atomic E-state index is 13.7. The van der Waals surface area contributed by atoms with Gasteiger partial charge >= 0.3 is 0 Å². The first-order valence-electron chi connectivity index (χ1n) is 13.3. The highest BCUT2D eigenvalue weighted by Crippen LogP contribution is 2.60. The van der Waals surface area contributed by atoms with Crippen LogP contribution in [0, 0.1) is 46.3 Å². The first-order valence-corrected chi connectivity index (χ1v) is 13.3. The van der Waals surface area contributed by atoms with Crippen molar-refractivity contribution >= 4 is 29.6 Å². The van der Waals surface area contributed by atoms with Crippen LogP contribution < -0.4 is 15.4 Å². The molecule has 8 nitrogen and oxygen atoms in total. The Morgan fingerprint density at radius 2 is 1.97 bits per heavy atom. The molecule has 2 bridgehead atoms. The number of fused-ring (bicyclic) bond motifs is 3. The maximum absolute atomic E-state index is 13.7. The van der Waals surface area contributed by atoms with E-state index in [0.717, 1.165) is 30.4 Å². The van der Waals surface area contributed by atoms with Crippen LogP contribution in [0.1, 0.15) is 56.1 Å². The third kappa shape index (κ3) is 3.96. The molecule has 6 atom stereocenters. The molecule has 0 spiro atoms. The van der Waals surface area contributed by atoms with Gasteiger partial charge in [-0.2, -0.15) is 5.26 Å². The zero-order chi connectivity index (χ0) is 25.9. The lowest BCUT2D eigenvalue weighted by Gasteiger charge is -2.52. The van der Waals surface area contributed by atoms with E-state index in [1.165, 1.54) is 0 Å². The molecule has 4 saturated carbocycles. The van der Waals surface area contributed by atoms with Gasteiger partial charge in [0.15, 0.2) is 5.78 Å². The van der Waals surface area contributed by atoms with Crippen molar-refractivity contribution in [3.63, 3.8) is 0 Å². The minimum Gasteiger partial charge on any atom is -0.496 e. The fourth-order valence-electron chi connectivity index (χ4n) is 7.45. The van der Waals surface area contributed by atoms with E-state index in [1.807, 2.05) is 24.3 Å². The molecule has 1 aromatic carbocycles. The third-order valence-electron chi connectivity index (χ3n) is 9.40. The summed E-state index contributed by atoms with van der Waals surface area (Å²) in [5.41, 5.74) is 1.51. The second-order valence-electron chi connectivity index (χ2n) is 11.5. The van der Waals surface area contributed by atoms with E-state index in [2.05, 4.69) is 16.7 Å². The van der Waals surface area contributed by atoms with Gasteiger partial charge in [-0.1, -0.05) is 25.0 Å². The van der Waals surface area contributed by atoms with Crippen LogP contribution >= 0.6 is 0 Å². The Labute approximate surface area is 215 Å². The van der Waals surface area contributed by atoms with E-state index in [1.54, 1.807) is 7.11 Å². The lowest BCUT2D eigenvalue weighted by molar-refractivity contribution is -0.141. The topological polar surface area (TPSA) is 125 Å². The lowest BCUT2D eigenvalue weighted by atomic mass is 9.48. The zero-order valence-corrected chi connectivity index (χ0v) is 20.9. The smallest absolute Gasteiger partial charge is 0.248 e. The van der Waals surface area contributed by atoms with Crippen molar-refractivity contribution in [2.45, 2.75) is 57.4 Å². The largest absolute Gasteiger partial charge is 0.496 e. The van der Waals surface area contributed by atoms with Crippen LogP contribution in [-0.2, 0) is 25.6 Å². The average Bonchev–Trinajstić information content (AvgIpc) is 3.51. The number of benzene rings is 1. The Morgan fingerprint density at radius 1 is 1.19 bits per heavy atom.